The van der Waals surface area contributed by atoms with Gasteiger partial charge in [0.2, 0.25) is 0 Å². The van der Waals surface area contributed by atoms with Crippen molar-refractivity contribution < 1.29 is 4.79 Å². The number of hydrogen-bond donors (Lipinski definition) is 3. The molecule has 27 heavy (non-hydrogen) atoms. The van der Waals surface area contributed by atoms with Crippen LogP contribution in [-0.4, -0.2) is 30.4 Å². The van der Waals surface area contributed by atoms with Gasteiger partial charge in [0.25, 0.3) is 5.91 Å². The normalized spacial score (nSPS) is 12.2. The van der Waals surface area contributed by atoms with Crippen LogP contribution in [0.15, 0.2) is 36.9 Å². The minimum Gasteiger partial charge on any atom is -0.367 e. The lowest BCUT2D eigenvalue weighted by molar-refractivity contribution is 0.0955. The minimum atomic E-state index is -0.0617. The van der Waals surface area contributed by atoms with Crippen LogP contribution in [0.5, 0.6) is 0 Å². The monoisotopic (exact) mass is 384 g/mol. The number of carbonyl (C=O) groups excluding carboxylic acids is 1. The van der Waals surface area contributed by atoms with E-state index in [-0.39, 0.29) is 5.91 Å². The first-order valence-electron chi connectivity index (χ1n) is 9.22. The highest BCUT2D eigenvalue weighted by Crippen LogP contribution is 2.05. The van der Waals surface area contributed by atoms with E-state index < -0.39 is 0 Å². The van der Waals surface area contributed by atoms with Gasteiger partial charge in [-0.25, -0.2) is 0 Å². The average Bonchev–Trinajstić information content (AvgIpc) is 3.06. The van der Waals surface area contributed by atoms with E-state index in [1.165, 1.54) is 11.5 Å². The third kappa shape index (κ3) is 6.34. The zero-order valence-corrected chi connectivity index (χ0v) is 16.9. The molecular formula is C21H28N4OS. The lowest BCUT2D eigenvalue weighted by atomic mass is 10.1. The maximum atomic E-state index is 12.3. The summed E-state index contributed by atoms with van der Waals surface area (Å²) in [5.41, 5.74) is 1.77. The van der Waals surface area contributed by atoms with Gasteiger partial charge in [0.1, 0.15) is 5.82 Å². The summed E-state index contributed by atoms with van der Waals surface area (Å²) < 4.78 is 5.67. The number of aromatic nitrogens is 1. The summed E-state index contributed by atoms with van der Waals surface area (Å²) in [5.74, 6) is 0.816. The first kappa shape index (κ1) is 20.9. The SMILES string of the molecule is C=CC/C=c1/snc(NCCNC(=O)c2cccc(CNC)c2)/c1=C/CC. The highest BCUT2D eigenvalue weighted by molar-refractivity contribution is 7.03. The molecule has 144 valence electrons. The lowest BCUT2D eigenvalue weighted by Crippen LogP contribution is -2.30. The van der Waals surface area contributed by atoms with E-state index in [0.29, 0.717) is 18.7 Å². The van der Waals surface area contributed by atoms with Crippen LogP contribution >= 0.6 is 11.5 Å². The molecular weight excluding hydrogens is 356 g/mol. The van der Waals surface area contributed by atoms with E-state index >= 15 is 0 Å². The maximum Gasteiger partial charge on any atom is 0.251 e. The summed E-state index contributed by atoms with van der Waals surface area (Å²) in [4.78, 5) is 12.3. The Morgan fingerprint density at radius 1 is 1.30 bits per heavy atom. The second-order valence-electron chi connectivity index (χ2n) is 6.06. The second-order valence-corrected chi connectivity index (χ2v) is 6.87. The zero-order chi connectivity index (χ0) is 19.5. The molecule has 0 aliphatic carbocycles. The Morgan fingerprint density at radius 3 is 2.89 bits per heavy atom. The smallest absolute Gasteiger partial charge is 0.251 e. The molecule has 2 rings (SSSR count). The Bertz CT molecular complexity index is 873. The summed E-state index contributed by atoms with van der Waals surface area (Å²) in [6, 6.07) is 7.65. The van der Waals surface area contributed by atoms with E-state index in [1.54, 1.807) is 0 Å². The number of hydrogen-bond acceptors (Lipinski definition) is 5. The van der Waals surface area contributed by atoms with Crippen molar-refractivity contribution in [1.82, 2.24) is 15.0 Å². The van der Waals surface area contributed by atoms with Gasteiger partial charge in [-0.1, -0.05) is 37.3 Å². The predicted molar refractivity (Wildman–Crippen MR) is 115 cm³/mol. The quantitative estimate of drug-likeness (QED) is 0.434. The lowest BCUT2D eigenvalue weighted by Gasteiger charge is -2.08. The Morgan fingerprint density at radius 2 is 2.15 bits per heavy atom. The summed E-state index contributed by atoms with van der Waals surface area (Å²) >= 11 is 1.48. The van der Waals surface area contributed by atoms with Crippen LogP contribution < -0.4 is 25.7 Å². The van der Waals surface area contributed by atoms with Gasteiger partial charge in [0, 0.05) is 30.4 Å². The van der Waals surface area contributed by atoms with Crippen LogP contribution in [0.25, 0.3) is 12.2 Å². The molecule has 1 amide bonds. The standard InChI is InChI=1S/C21H28N4OS/c1-4-6-11-19-18(8-5-2)20(25-27-19)23-12-13-24-21(26)17-10-7-9-16(14-17)15-22-3/h4,7-11,14,22H,1,5-6,12-13,15H2,2-3H3,(H,23,25)(H,24,26)/b18-8+,19-11+. The third-order valence-electron chi connectivity index (χ3n) is 3.91. The molecule has 0 spiro atoms. The topological polar surface area (TPSA) is 66.0 Å². The van der Waals surface area contributed by atoms with Gasteiger partial charge in [-0.15, -0.1) is 6.58 Å². The molecule has 0 saturated heterocycles. The summed E-state index contributed by atoms with van der Waals surface area (Å²) in [6.07, 6.45) is 7.96. The fraction of sp³-hybridized carbons (Fsp3) is 0.333. The van der Waals surface area contributed by atoms with E-state index in [2.05, 4.69) is 46.0 Å². The predicted octanol–water partition coefficient (Wildman–Crippen LogP) is 2.25. The molecule has 3 N–H and O–H groups in total. The number of amides is 1. The van der Waals surface area contributed by atoms with Gasteiger partial charge in [0.15, 0.2) is 0 Å². The molecule has 2 aromatic rings. The summed E-state index contributed by atoms with van der Waals surface area (Å²) in [7, 11) is 1.89. The van der Waals surface area contributed by atoms with Crippen molar-refractivity contribution in [3.63, 3.8) is 0 Å². The number of nitrogens with one attached hydrogen (secondary N) is 3. The summed E-state index contributed by atoms with van der Waals surface area (Å²) in [6.45, 7) is 7.77. The van der Waals surface area contributed by atoms with Crippen molar-refractivity contribution >= 4 is 35.4 Å². The largest absolute Gasteiger partial charge is 0.367 e. The Labute approximate surface area is 165 Å². The Kier molecular flexibility index (Phi) is 8.74. The van der Waals surface area contributed by atoms with Crippen molar-refractivity contribution in [2.45, 2.75) is 26.3 Å². The van der Waals surface area contributed by atoms with Gasteiger partial charge in [-0.05, 0) is 49.1 Å². The van der Waals surface area contributed by atoms with E-state index in [0.717, 1.165) is 40.5 Å². The van der Waals surface area contributed by atoms with Crippen LogP contribution in [-0.2, 0) is 6.54 Å². The molecule has 0 bridgehead atoms. The molecule has 0 unspecified atom stereocenters. The molecule has 6 heteroatoms. The highest BCUT2D eigenvalue weighted by Gasteiger charge is 2.06. The first-order chi connectivity index (χ1) is 13.2. The number of anilines is 1. The van der Waals surface area contributed by atoms with E-state index in [9.17, 15) is 4.79 Å². The molecule has 1 aromatic heterocycles. The number of rotatable bonds is 10. The number of carbonyl (C=O) groups is 1. The fourth-order valence-electron chi connectivity index (χ4n) is 2.66. The van der Waals surface area contributed by atoms with Gasteiger partial charge < -0.3 is 16.0 Å². The number of benzene rings is 1. The van der Waals surface area contributed by atoms with Crippen molar-refractivity contribution in [3.05, 3.63) is 57.8 Å². The van der Waals surface area contributed by atoms with Crippen molar-refractivity contribution in [3.8, 4) is 0 Å². The van der Waals surface area contributed by atoms with Gasteiger partial charge in [0.05, 0.1) is 4.53 Å². The molecule has 0 radical (unpaired) electrons. The van der Waals surface area contributed by atoms with Crippen molar-refractivity contribution in [2.75, 3.05) is 25.5 Å². The Balaban J connectivity index is 1.92. The van der Waals surface area contributed by atoms with Crippen molar-refractivity contribution in [2.24, 2.45) is 0 Å². The van der Waals surface area contributed by atoms with E-state index in [4.69, 9.17) is 0 Å². The summed E-state index contributed by atoms with van der Waals surface area (Å²) in [5, 5.41) is 10.5. The number of allylic oxidation sites excluding steroid dienone is 1. The molecule has 0 fully saturated rings. The van der Waals surface area contributed by atoms with Crippen LogP contribution in [0.2, 0.25) is 0 Å². The molecule has 1 heterocycles. The van der Waals surface area contributed by atoms with Crippen molar-refractivity contribution in [1.29, 1.82) is 0 Å². The van der Waals surface area contributed by atoms with Gasteiger partial charge in [-0.3, -0.25) is 4.79 Å². The second kappa shape index (κ2) is 11.3. The molecule has 0 atom stereocenters. The zero-order valence-electron chi connectivity index (χ0n) is 16.0. The highest BCUT2D eigenvalue weighted by atomic mass is 32.1. The molecule has 0 aliphatic rings. The van der Waals surface area contributed by atoms with Crippen LogP contribution in [0.4, 0.5) is 5.82 Å². The van der Waals surface area contributed by atoms with Gasteiger partial charge in [-0.2, -0.15) is 4.37 Å². The van der Waals surface area contributed by atoms with Crippen LogP contribution in [0.1, 0.15) is 35.7 Å². The minimum absolute atomic E-state index is 0.0617. The fourth-order valence-corrected chi connectivity index (χ4v) is 3.46. The Hall–Kier alpha value is -2.44. The van der Waals surface area contributed by atoms with E-state index in [1.807, 2.05) is 37.4 Å². The molecule has 0 saturated carbocycles. The van der Waals surface area contributed by atoms with Crippen LogP contribution in [0.3, 0.4) is 0 Å². The molecule has 5 nitrogen and oxygen atoms in total. The first-order valence-corrected chi connectivity index (χ1v) is 9.99. The number of nitrogens with zero attached hydrogens (tertiary/aromatic N) is 1. The molecule has 1 aromatic carbocycles. The molecule has 0 aliphatic heterocycles. The van der Waals surface area contributed by atoms with Gasteiger partial charge >= 0.3 is 0 Å². The maximum absolute atomic E-state index is 12.3. The van der Waals surface area contributed by atoms with Crippen LogP contribution in [0, 0.1) is 0 Å². The average molecular weight is 385 g/mol. The third-order valence-corrected chi connectivity index (χ3v) is 4.76.